The monoisotopic (exact) mass is 540 g/mol. The SMILES string of the molecule is CO[C@H]1O[C@H](CO/C=C/S(=O)(=O)c2ccccc2)[C@@H](O)[C@H](OCc2ccccc2)[C@H]1OCc1ccccc1. The molecule has 0 aliphatic carbocycles. The molecule has 0 aromatic heterocycles. The van der Waals surface area contributed by atoms with Gasteiger partial charge in [-0.1, -0.05) is 78.9 Å². The molecule has 202 valence electrons. The van der Waals surface area contributed by atoms with Gasteiger partial charge in [0.05, 0.1) is 29.8 Å². The zero-order valence-corrected chi connectivity index (χ0v) is 21.9. The average Bonchev–Trinajstić information content (AvgIpc) is 2.96. The van der Waals surface area contributed by atoms with E-state index in [9.17, 15) is 13.5 Å². The molecule has 4 rings (SSSR count). The summed E-state index contributed by atoms with van der Waals surface area (Å²) in [4.78, 5) is 0.154. The van der Waals surface area contributed by atoms with Crippen molar-refractivity contribution in [1.82, 2.24) is 0 Å². The van der Waals surface area contributed by atoms with E-state index in [2.05, 4.69) is 0 Å². The summed E-state index contributed by atoms with van der Waals surface area (Å²) in [5.41, 5.74) is 1.89. The Kier molecular flexibility index (Phi) is 10.1. The van der Waals surface area contributed by atoms with Crippen molar-refractivity contribution in [2.45, 2.75) is 48.8 Å². The highest BCUT2D eigenvalue weighted by atomic mass is 32.2. The highest BCUT2D eigenvalue weighted by molar-refractivity contribution is 7.94. The van der Waals surface area contributed by atoms with Gasteiger partial charge in [-0.3, -0.25) is 0 Å². The van der Waals surface area contributed by atoms with Crippen LogP contribution in [0.15, 0.2) is 108 Å². The molecule has 1 saturated heterocycles. The average molecular weight is 541 g/mol. The fraction of sp³-hybridized carbons (Fsp3) is 0.310. The smallest absolute Gasteiger partial charge is 0.202 e. The Morgan fingerprint density at radius 1 is 0.816 bits per heavy atom. The van der Waals surface area contributed by atoms with Crippen LogP contribution < -0.4 is 0 Å². The molecule has 3 aromatic carbocycles. The molecule has 0 radical (unpaired) electrons. The second kappa shape index (κ2) is 13.7. The summed E-state index contributed by atoms with van der Waals surface area (Å²) in [6, 6.07) is 27.3. The van der Waals surface area contributed by atoms with E-state index in [4.69, 9.17) is 23.7 Å². The van der Waals surface area contributed by atoms with Crippen LogP contribution in [0.2, 0.25) is 0 Å². The zero-order valence-electron chi connectivity index (χ0n) is 21.0. The van der Waals surface area contributed by atoms with Gasteiger partial charge >= 0.3 is 0 Å². The zero-order chi connectivity index (χ0) is 26.8. The topological polar surface area (TPSA) is 101 Å². The first-order valence-corrected chi connectivity index (χ1v) is 13.8. The number of hydrogen-bond acceptors (Lipinski definition) is 8. The van der Waals surface area contributed by atoms with Crippen LogP contribution in [0.4, 0.5) is 0 Å². The Balaban J connectivity index is 1.45. The normalized spacial score (nSPS) is 23.9. The number of sulfone groups is 1. The van der Waals surface area contributed by atoms with Crippen LogP contribution in [-0.4, -0.2) is 57.9 Å². The van der Waals surface area contributed by atoms with Crippen molar-refractivity contribution in [3.63, 3.8) is 0 Å². The summed E-state index contributed by atoms with van der Waals surface area (Å²) >= 11 is 0. The van der Waals surface area contributed by atoms with Crippen LogP contribution in [0.3, 0.4) is 0 Å². The molecule has 0 saturated carbocycles. The second-order valence-electron chi connectivity index (χ2n) is 8.76. The minimum atomic E-state index is -3.66. The molecule has 1 heterocycles. The predicted molar refractivity (Wildman–Crippen MR) is 140 cm³/mol. The number of ether oxygens (including phenoxy) is 5. The van der Waals surface area contributed by atoms with Gasteiger partial charge in [-0.05, 0) is 23.3 Å². The molecule has 0 bridgehead atoms. The quantitative estimate of drug-likeness (QED) is 0.346. The molecule has 5 atom stereocenters. The second-order valence-corrected chi connectivity index (χ2v) is 10.6. The van der Waals surface area contributed by atoms with Gasteiger partial charge in [0.25, 0.3) is 0 Å². The van der Waals surface area contributed by atoms with Crippen LogP contribution in [0.25, 0.3) is 0 Å². The molecule has 8 nitrogen and oxygen atoms in total. The Bertz CT molecular complexity index is 1240. The number of benzene rings is 3. The van der Waals surface area contributed by atoms with Crippen molar-refractivity contribution in [2.75, 3.05) is 13.7 Å². The van der Waals surface area contributed by atoms with Gasteiger partial charge in [0.15, 0.2) is 6.29 Å². The van der Waals surface area contributed by atoms with Gasteiger partial charge in [-0.2, -0.15) is 0 Å². The summed E-state index contributed by atoms with van der Waals surface area (Å²) in [7, 11) is -2.18. The van der Waals surface area contributed by atoms with Gasteiger partial charge in [-0.15, -0.1) is 0 Å². The molecule has 1 fully saturated rings. The molecular formula is C29H32O8S. The number of methoxy groups -OCH3 is 1. The standard InChI is InChI=1S/C29H32O8S/c1-33-29-28(36-20-23-13-7-3-8-14-23)27(35-19-22-11-5-2-6-12-22)26(30)25(37-29)21-34-17-18-38(31,32)24-15-9-4-10-16-24/h2-18,25-30H,19-21H2,1H3/b18-17+/t25-,26-,27+,28-,29+/m1/s1. The number of rotatable bonds is 12. The van der Waals surface area contributed by atoms with E-state index in [-0.39, 0.29) is 24.7 Å². The van der Waals surface area contributed by atoms with Crippen LogP contribution in [-0.2, 0) is 46.7 Å². The predicted octanol–water partition coefficient (Wildman–Crippen LogP) is 3.85. The summed E-state index contributed by atoms with van der Waals surface area (Å²) in [6.07, 6.45) is -3.30. The lowest BCUT2D eigenvalue weighted by molar-refractivity contribution is -0.314. The first kappa shape index (κ1) is 28.0. The molecular weight excluding hydrogens is 508 g/mol. The lowest BCUT2D eigenvalue weighted by Crippen LogP contribution is -2.60. The molecule has 0 amide bonds. The van der Waals surface area contributed by atoms with E-state index in [0.717, 1.165) is 22.8 Å². The van der Waals surface area contributed by atoms with Crippen LogP contribution in [0.1, 0.15) is 11.1 Å². The molecule has 0 spiro atoms. The number of hydrogen-bond donors (Lipinski definition) is 1. The third kappa shape index (κ3) is 7.50. The fourth-order valence-electron chi connectivity index (χ4n) is 4.07. The number of aliphatic hydroxyl groups is 1. The molecule has 38 heavy (non-hydrogen) atoms. The van der Waals surface area contributed by atoms with Crippen molar-refractivity contribution in [3.05, 3.63) is 114 Å². The van der Waals surface area contributed by atoms with Crippen LogP contribution >= 0.6 is 0 Å². The van der Waals surface area contributed by atoms with E-state index < -0.39 is 40.5 Å². The lowest BCUT2D eigenvalue weighted by atomic mass is 9.98. The third-order valence-corrected chi connectivity index (χ3v) is 7.48. The largest absolute Gasteiger partial charge is 0.498 e. The maximum absolute atomic E-state index is 12.4. The van der Waals surface area contributed by atoms with Crippen molar-refractivity contribution in [1.29, 1.82) is 0 Å². The third-order valence-electron chi connectivity index (χ3n) is 6.08. The molecule has 9 heteroatoms. The molecule has 1 aliphatic rings. The Morgan fingerprint density at radius 3 is 1.89 bits per heavy atom. The van der Waals surface area contributed by atoms with Crippen LogP contribution in [0, 0.1) is 0 Å². The maximum atomic E-state index is 12.4. The lowest BCUT2D eigenvalue weighted by Gasteiger charge is -2.43. The Labute approximate surface area is 223 Å². The Hall–Kier alpha value is -3.05. The van der Waals surface area contributed by atoms with Crippen molar-refractivity contribution >= 4 is 9.84 Å². The number of aliphatic hydroxyl groups excluding tert-OH is 1. The first-order chi connectivity index (χ1) is 18.5. The fourth-order valence-corrected chi connectivity index (χ4v) is 4.99. The van der Waals surface area contributed by atoms with Crippen LogP contribution in [0.5, 0.6) is 0 Å². The molecule has 1 aliphatic heterocycles. The molecule has 3 aromatic rings. The van der Waals surface area contributed by atoms with Gasteiger partial charge in [0, 0.05) is 7.11 Å². The van der Waals surface area contributed by atoms with E-state index in [1.54, 1.807) is 18.2 Å². The summed E-state index contributed by atoms with van der Waals surface area (Å²) in [6.45, 7) is 0.388. The molecule has 0 unspecified atom stereocenters. The minimum absolute atomic E-state index is 0.127. The van der Waals surface area contributed by atoms with Gasteiger partial charge in [0.1, 0.15) is 31.0 Å². The maximum Gasteiger partial charge on any atom is 0.202 e. The van der Waals surface area contributed by atoms with E-state index in [1.165, 1.54) is 19.2 Å². The van der Waals surface area contributed by atoms with E-state index in [0.29, 0.717) is 0 Å². The van der Waals surface area contributed by atoms with E-state index in [1.807, 2.05) is 60.7 Å². The summed E-state index contributed by atoms with van der Waals surface area (Å²) in [5, 5.41) is 12.2. The Morgan fingerprint density at radius 2 is 1.34 bits per heavy atom. The van der Waals surface area contributed by atoms with Crippen molar-refractivity contribution in [2.24, 2.45) is 0 Å². The molecule has 1 N–H and O–H groups in total. The summed E-state index contributed by atoms with van der Waals surface area (Å²) in [5.74, 6) is 0. The van der Waals surface area contributed by atoms with Gasteiger partial charge in [0.2, 0.25) is 9.84 Å². The summed E-state index contributed by atoms with van der Waals surface area (Å²) < 4.78 is 54.2. The van der Waals surface area contributed by atoms with Crippen molar-refractivity contribution < 1.29 is 37.2 Å². The first-order valence-electron chi connectivity index (χ1n) is 12.2. The van der Waals surface area contributed by atoms with Crippen molar-refractivity contribution in [3.8, 4) is 0 Å². The highest BCUT2D eigenvalue weighted by Crippen LogP contribution is 2.28. The minimum Gasteiger partial charge on any atom is -0.498 e. The van der Waals surface area contributed by atoms with E-state index >= 15 is 0 Å². The highest BCUT2D eigenvalue weighted by Gasteiger charge is 2.47. The van der Waals surface area contributed by atoms with Gasteiger partial charge in [-0.25, -0.2) is 8.42 Å². The van der Waals surface area contributed by atoms with Gasteiger partial charge < -0.3 is 28.8 Å².